The maximum atomic E-state index is 14.7. The first kappa shape index (κ1) is 104. The summed E-state index contributed by atoms with van der Waals surface area (Å²) < 4.78 is 0. The van der Waals surface area contributed by atoms with Gasteiger partial charge in [0, 0.05) is 37.4 Å². The van der Waals surface area contributed by atoms with Crippen LogP contribution in [0.5, 0.6) is 11.5 Å². The van der Waals surface area contributed by atoms with Crippen molar-refractivity contribution in [1.82, 2.24) is 95.3 Å². The Morgan fingerprint density at radius 2 is 0.828 bits per heavy atom. The molecular formula is C76H117N21O23S2. The summed E-state index contributed by atoms with van der Waals surface area (Å²) in [5, 5.41) is 87.6. The highest BCUT2D eigenvalue weighted by Gasteiger charge is 2.40. The number of amides is 17. The van der Waals surface area contributed by atoms with Crippen LogP contribution in [0.2, 0.25) is 0 Å². The van der Waals surface area contributed by atoms with Gasteiger partial charge in [-0.2, -0.15) is 25.3 Å². The van der Waals surface area contributed by atoms with Crippen molar-refractivity contribution in [2.75, 3.05) is 50.8 Å². The van der Waals surface area contributed by atoms with Gasteiger partial charge >= 0.3 is 11.9 Å². The minimum atomic E-state index is -1.62. The molecule has 1 saturated heterocycles. The minimum absolute atomic E-state index is 0.000312. The lowest BCUT2D eigenvalue weighted by Gasteiger charge is -2.29. The van der Waals surface area contributed by atoms with Crippen LogP contribution in [-0.2, 0) is 104 Å². The Hall–Kier alpha value is -12.1. The molecule has 2 aromatic rings. The van der Waals surface area contributed by atoms with Crippen LogP contribution in [0.25, 0.3) is 0 Å². The average Bonchev–Trinajstić information content (AvgIpc) is 1.27. The number of nitrogens with two attached hydrogens (primary N) is 2. The topological polar surface area (TPSA) is 689 Å². The van der Waals surface area contributed by atoms with Crippen molar-refractivity contribution in [3.63, 3.8) is 0 Å². The van der Waals surface area contributed by atoms with Gasteiger partial charge in [0.2, 0.25) is 100 Å². The van der Waals surface area contributed by atoms with Crippen molar-refractivity contribution in [1.29, 1.82) is 5.41 Å². The van der Waals surface area contributed by atoms with Gasteiger partial charge in [-0.25, -0.2) is 0 Å². The number of aliphatic carboxylic acids is 2. The number of likely N-dealkylation sites (tertiary alicyclic amines) is 1. The number of carboxylic acid groups (broad SMARTS) is 2. The number of carbonyl (C=O) groups is 19. The Morgan fingerprint density at radius 3 is 1.30 bits per heavy atom. The Kier molecular flexibility index (Phi) is 44.5. The molecular weight excluding hydrogens is 1640 g/mol. The van der Waals surface area contributed by atoms with Crippen molar-refractivity contribution >= 4 is 144 Å². The fraction of sp³-hybridized carbons (Fsp3) is 0.579. The van der Waals surface area contributed by atoms with E-state index in [1.165, 1.54) is 81.1 Å². The van der Waals surface area contributed by atoms with Crippen molar-refractivity contribution in [2.24, 2.45) is 29.2 Å². The van der Waals surface area contributed by atoms with E-state index in [4.69, 9.17) is 22.0 Å². The number of benzene rings is 2. The molecule has 1 fully saturated rings. The van der Waals surface area contributed by atoms with Crippen LogP contribution in [0.3, 0.4) is 0 Å². The third-order valence-corrected chi connectivity index (χ3v) is 19.2. The van der Waals surface area contributed by atoms with Crippen LogP contribution >= 0.6 is 25.3 Å². The van der Waals surface area contributed by atoms with Gasteiger partial charge in [0.25, 0.3) is 0 Å². The number of carbonyl (C=O) groups excluding carboxylic acids is 17. The van der Waals surface area contributed by atoms with E-state index in [0.717, 1.165) is 0 Å². The third kappa shape index (κ3) is 37.7. The summed E-state index contributed by atoms with van der Waals surface area (Å²) in [6.45, 7) is 12.2. The molecule has 2 aromatic carbocycles. The first-order valence-corrected chi connectivity index (χ1v) is 40.6. The van der Waals surface area contributed by atoms with E-state index in [2.05, 4.69) is 116 Å². The molecule has 676 valence electrons. The fourth-order valence-electron chi connectivity index (χ4n) is 11.9. The normalized spacial score (nSPS) is 15.5. The van der Waals surface area contributed by atoms with Gasteiger partial charge in [-0.15, -0.1) is 0 Å². The van der Waals surface area contributed by atoms with Gasteiger partial charge in [0.15, 0.2) is 5.96 Å². The van der Waals surface area contributed by atoms with E-state index in [0.29, 0.717) is 11.1 Å². The third-order valence-electron chi connectivity index (χ3n) is 18.5. The van der Waals surface area contributed by atoms with Crippen LogP contribution in [0.15, 0.2) is 48.5 Å². The van der Waals surface area contributed by atoms with E-state index in [9.17, 15) is 106 Å². The number of guanidine groups is 1. The molecule has 1 aliphatic heterocycles. The summed E-state index contributed by atoms with van der Waals surface area (Å²) >= 11 is 8.43. The number of aromatic hydroxyl groups is 2. The molecule has 1 aliphatic rings. The number of thiol groups is 2. The SMILES string of the molecule is CC(C)C[C@H](NC(=O)[C@H](CC(C)C)NC(=O)[C@H](Cc1ccc(O)cc1)NC(=O)[C@@H]1CCCN1C(=O)CNC(=O)[C@H](Cc1ccc(O)cc1)NC(=O)[C@@H](NC(=O)[C@H](CCCNC(=N)N)NC(=O)[C@H](CS)NC(=O)[C@H](C)NC(=O)CNC(=O)[C@H](CC(=O)O)NC(=O)[C@H](C)N)C(C)C)C(=O)N[C@@H](CS)C(=O)NCC(=O)N[C@@H](C)C(=O)N[C@@H](C)C(=O)NCC(=O)O. The second-order valence-corrected chi connectivity index (χ2v) is 31.0. The Morgan fingerprint density at radius 1 is 0.434 bits per heavy atom. The number of phenols is 2. The second-order valence-electron chi connectivity index (χ2n) is 30.3. The summed E-state index contributed by atoms with van der Waals surface area (Å²) in [5.41, 5.74) is 11.8. The standard InChI is InChI=1S/C76H117N21O23S2/c1-36(2)25-48(70(115)90-49(26-37(3)4)71(116)95-53(34-121)68(113)82-31-57(101)85-41(9)64(109)87-40(8)63(108)84-33-60(105)106)91-72(117)51(28-44-17-21-46(99)22-18-44)92-74(119)55-14-12-24-97(55)58(102)32-83-66(111)50(27-43-15-19-45(98)20-16-43)93-75(120)61(38(5)6)96-69(114)47(13-11-23-80-76(78)79)88-73(118)54(35-122)94-65(110)42(10)86-56(100)30-81-67(112)52(29-59(103)104)89-62(107)39(7)77/h15-22,36-42,47-55,61,98-99,121-122H,11-14,23-35,77H2,1-10H3,(H,81,112)(H,82,113)(H,83,111)(H,84,108)(H,85,101)(H,86,100)(H,87,109)(H,88,118)(H,89,107)(H,90,115)(H,91,117)(H,92,119)(H,93,120)(H,94,110)(H,95,116)(H,96,114)(H,103,104)(H,105,106)(H4,78,79,80)/t39-,40-,41-,42-,47-,48-,49-,50-,51-,52-,53-,54-,55-,61-/m0/s1. The highest BCUT2D eigenvalue weighted by molar-refractivity contribution is 7.80. The van der Waals surface area contributed by atoms with Crippen LogP contribution in [-0.4, -0.2) is 279 Å². The highest BCUT2D eigenvalue weighted by atomic mass is 32.1. The molecule has 122 heavy (non-hydrogen) atoms. The van der Waals surface area contributed by atoms with Gasteiger partial charge in [-0.1, -0.05) is 65.8 Å². The van der Waals surface area contributed by atoms with E-state index in [1.54, 1.807) is 41.5 Å². The summed E-state index contributed by atoms with van der Waals surface area (Å²) in [7, 11) is 0. The average molecular weight is 1760 g/mol. The lowest BCUT2D eigenvalue weighted by atomic mass is 9.99. The maximum Gasteiger partial charge on any atom is 0.322 e. The minimum Gasteiger partial charge on any atom is -0.508 e. The first-order valence-electron chi connectivity index (χ1n) is 39.3. The molecule has 0 saturated carbocycles. The van der Waals surface area contributed by atoms with Gasteiger partial charge in [0.1, 0.15) is 96.6 Å². The molecule has 17 amide bonds. The van der Waals surface area contributed by atoms with E-state index in [-0.39, 0.29) is 99.3 Å². The zero-order chi connectivity index (χ0) is 91.9. The lowest BCUT2D eigenvalue weighted by molar-refractivity contribution is -0.141. The van der Waals surface area contributed by atoms with Gasteiger partial charge in [-0.3, -0.25) is 96.5 Å². The molecule has 46 heteroatoms. The van der Waals surface area contributed by atoms with Gasteiger partial charge < -0.3 is 127 Å². The first-order chi connectivity index (χ1) is 57.2. The summed E-state index contributed by atoms with van der Waals surface area (Å²) in [5.74, 6) is -20.7. The number of rotatable bonds is 51. The number of phenolic OH excluding ortho intramolecular Hbond substituents is 2. The number of hydrogen-bond donors (Lipinski definition) is 26. The second kappa shape index (κ2) is 52.2. The fourth-order valence-corrected chi connectivity index (χ4v) is 12.4. The van der Waals surface area contributed by atoms with Crippen molar-refractivity contribution in [3.05, 3.63) is 59.7 Å². The quantitative estimate of drug-likeness (QED) is 0.0127. The van der Waals surface area contributed by atoms with Crippen molar-refractivity contribution in [3.8, 4) is 11.5 Å². The number of nitrogens with zero attached hydrogens (tertiary/aromatic N) is 1. The highest BCUT2D eigenvalue weighted by Crippen LogP contribution is 2.21. The van der Waals surface area contributed by atoms with Crippen LogP contribution in [0, 0.1) is 23.2 Å². The summed E-state index contributed by atoms with van der Waals surface area (Å²) in [6, 6.07) is -8.20. The van der Waals surface area contributed by atoms with Gasteiger partial charge in [0.05, 0.1) is 32.1 Å². The number of carboxylic acids is 2. The molecule has 0 aliphatic carbocycles. The van der Waals surface area contributed by atoms with E-state index < -0.39 is 241 Å². The molecule has 26 N–H and O–H groups in total. The monoisotopic (exact) mass is 1760 g/mol. The van der Waals surface area contributed by atoms with Crippen LogP contribution in [0.4, 0.5) is 0 Å². The maximum absolute atomic E-state index is 14.7. The molecule has 0 bridgehead atoms. The molecule has 0 unspecified atom stereocenters. The van der Waals surface area contributed by atoms with Crippen molar-refractivity contribution in [2.45, 2.75) is 212 Å². The molecule has 3 rings (SSSR count). The van der Waals surface area contributed by atoms with E-state index >= 15 is 0 Å². The van der Waals surface area contributed by atoms with Gasteiger partial charge in [-0.05, 0) is 119 Å². The Labute approximate surface area is 715 Å². The number of nitrogens with one attached hydrogen (secondary N) is 18. The predicted octanol–water partition coefficient (Wildman–Crippen LogP) is -7.01. The lowest BCUT2D eigenvalue weighted by Crippen LogP contribution is -2.61. The molecule has 0 aromatic heterocycles. The molecule has 0 spiro atoms. The predicted molar refractivity (Wildman–Crippen MR) is 445 cm³/mol. The Bertz CT molecular complexity index is 4030. The zero-order valence-corrected chi connectivity index (χ0v) is 71.3. The molecule has 14 atom stereocenters. The smallest absolute Gasteiger partial charge is 0.322 e. The molecule has 1 heterocycles. The van der Waals surface area contributed by atoms with E-state index in [1.807, 2.05) is 0 Å². The molecule has 44 nitrogen and oxygen atoms in total. The summed E-state index contributed by atoms with van der Waals surface area (Å²) in [6.07, 6.45) is -1.18. The summed E-state index contributed by atoms with van der Waals surface area (Å²) in [4.78, 5) is 255. The Balaban J connectivity index is 1.83. The molecule has 0 radical (unpaired) electrons. The van der Waals surface area contributed by atoms with Crippen molar-refractivity contribution < 1.29 is 112 Å². The van der Waals surface area contributed by atoms with Crippen LogP contribution < -0.4 is 102 Å². The largest absolute Gasteiger partial charge is 0.508 e. The zero-order valence-electron chi connectivity index (χ0n) is 69.5. The number of hydrogen-bond acceptors (Lipinski definition) is 25. The van der Waals surface area contributed by atoms with Crippen LogP contribution in [0.1, 0.15) is 125 Å².